The number of aromatic nitrogens is 3. The fraction of sp³-hybridized carbons (Fsp3) is 0. The summed E-state index contributed by atoms with van der Waals surface area (Å²) in [7, 11) is -4.09. The van der Waals surface area contributed by atoms with Crippen LogP contribution in [-0.2, 0) is 10.1 Å². The summed E-state index contributed by atoms with van der Waals surface area (Å²) in [5, 5.41) is -0.551. The number of nitrogen functional groups attached to an aromatic ring is 1. The molecule has 2 rings (SSSR count). The molecule has 1 aromatic heterocycles. The third-order valence-corrected chi connectivity index (χ3v) is 3.47. The maximum atomic E-state index is 11.9. The number of nitrogens with zero attached hydrogens (tertiary/aromatic N) is 3. The number of hydrogen-bond acceptors (Lipinski definition) is 7. The van der Waals surface area contributed by atoms with Crippen LogP contribution in [0.3, 0.4) is 0 Å². The smallest absolute Gasteiger partial charge is 0.341 e. The van der Waals surface area contributed by atoms with Crippen LogP contribution in [0.1, 0.15) is 0 Å². The Morgan fingerprint density at radius 3 is 2.05 bits per heavy atom. The number of benzene rings is 1. The van der Waals surface area contributed by atoms with Gasteiger partial charge in [0.1, 0.15) is 4.90 Å². The van der Waals surface area contributed by atoms with Crippen LogP contribution in [-0.4, -0.2) is 23.4 Å². The maximum absolute atomic E-state index is 11.9. The van der Waals surface area contributed by atoms with Crippen molar-refractivity contribution in [3.63, 3.8) is 0 Å². The molecule has 0 saturated carbocycles. The molecule has 10 heteroatoms. The van der Waals surface area contributed by atoms with Crippen molar-refractivity contribution in [2.45, 2.75) is 4.90 Å². The second-order valence-corrected chi connectivity index (χ2v) is 5.48. The van der Waals surface area contributed by atoms with Crippen LogP contribution in [0.15, 0.2) is 29.2 Å². The van der Waals surface area contributed by atoms with Gasteiger partial charge in [-0.15, -0.1) is 0 Å². The number of nitrogens with two attached hydrogens (primary N) is 1. The summed E-state index contributed by atoms with van der Waals surface area (Å²) in [6.07, 6.45) is 0. The monoisotopic (exact) mass is 320 g/mol. The van der Waals surface area contributed by atoms with Gasteiger partial charge in [-0.3, -0.25) is 0 Å². The van der Waals surface area contributed by atoms with E-state index in [-0.39, 0.29) is 15.5 Å². The molecule has 7 nitrogen and oxygen atoms in total. The van der Waals surface area contributed by atoms with Crippen molar-refractivity contribution in [1.29, 1.82) is 0 Å². The summed E-state index contributed by atoms with van der Waals surface area (Å²) in [4.78, 5) is 10.4. The summed E-state index contributed by atoms with van der Waals surface area (Å²) < 4.78 is 28.5. The molecule has 0 unspecified atom stereocenters. The van der Waals surface area contributed by atoms with Crippen molar-refractivity contribution in [1.82, 2.24) is 15.0 Å². The van der Waals surface area contributed by atoms with Gasteiger partial charge in [-0.25, -0.2) is 0 Å². The van der Waals surface area contributed by atoms with Crippen LogP contribution in [0.4, 0.5) is 5.69 Å². The van der Waals surface area contributed by atoms with Gasteiger partial charge in [0, 0.05) is 5.69 Å². The van der Waals surface area contributed by atoms with Gasteiger partial charge in [-0.1, -0.05) is 0 Å². The van der Waals surface area contributed by atoms with E-state index in [1.165, 1.54) is 24.3 Å². The first-order valence-corrected chi connectivity index (χ1v) is 6.90. The Morgan fingerprint density at radius 2 is 1.53 bits per heavy atom. The van der Waals surface area contributed by atoms with E-state index < -0.39 is 16.1 Å². The zero-order valence-electron chi connectivity index (χ0n) is 9.12. The molecule has 0 radical (unpaired) electrons. The Kier molecular flexibility index (Phi) is 3.74. The zero-order valence-corrected chi connectivity index (χ0v) is 11.4. The van der Waals surface area contributed by atoms with E-state index in [1.807, 2.05) is 0 Å². The minimum absolute atomic E-state index is 0.102. The Hall–Kier alpha value is -1.64. The Morgan fingerprint density at radius 1 is 1.00 bits per heavy atom. The molecular weight excluding hydrogens is 315 g/mol. The molecule has 0 amide bonds. The van der Waals surface area contributed by atoms with Crippen molar-refractivity contribution < 1.29 is 12.6 Å². The summed E-state index contributed by atoms with van der Waals surface area (Å²) >= 11 is 11.0. The van der Waals surface area contributed by atoms with E-state index in [9.17, 15) is 8.42 Å². The average molecular weight is 321 g/mol. The van der Waals surface area contributed by atoms with E-state index in [2.05, 4.69) is 19.1 Å². The van der Waals surface area contributed by atoms with E-state index in [4.69, 9.17) is 28.9 Å². The molecule has 1 aromatic carbocycles. The molecule has 0 saturated heterocycles. The van der Waals surface area contributed by atoms with Gasteiger partial charge in [0.15, 0.2) is 0 Å². The van der Waals surface area contributed by atoms with Gasteiger partial charge in [-0.05, 0) is 47.5 Å². The van der Waals surface area contributed by atoms with Crippen molar-refractivity contribution in [2.24, 2.45) is 0 Å². The highest BCUT2D eigenvalue weighted by atomic mass is 35.5. The second-order valence-electron chi connectivity index (χ2n) is 3.26. The fourth-order valence-corrected chi connectivity index (χ4v) is 2.31. The fourth-order valence-electron chi connectivity index (χ4n) is 1.13. The molecule has 1 heterocycles. The van der Waals surface area contributed by atoms with Crippen LogP contribution in [0.2, 0.25) is 10.6 Å². The molecule has 0 fully saturated rings. The van der Waals surface area contributed by atoms with Gasteiger partial charge < -0.3 is 9.92 Å². The van der Waals surface area contributed by atoms with E-state index in [1.54, 1.807) is 0 Å². The molecular formula is C9H6Cl2N4O3S. The quantitative estimate of drug-likeness (QED) is 0.674. The lowest BCUT2D eigenvalue weighted by molar-refractivity contribution is 0.462. The summed E-state index contributed by atoms with van der Waals surface area (Å²) in [6, 6.07) is 4.90. The first kappa shape index (κ1) is 13.8. The largest absolute Gasteiger partial charge is 0.399 e. The van der Waals surface area contributed by atoms with Crippen LogP contribution < -0.4 is 9.92 Å². The summed E-state index contributed by atoms with van der Waals surface area (Å²) in [5.41, 5.74) is 5.88. The van der Waals surface area contributed by atoms with E-state index >= 15 is 0 Å². The van der Waals surface area contributed by atoms with Crippen molar-refractivity contribution in [3.8, 4) is 6.01 Å². The summed E-state index contributed by atoms with van der Waals surface area (Å²) in [6.45, 7) is 0. The third kappa shape index (κ3) is 3.43. The van der Waals surface area contributed by atoms with Crippen molar-refractivity contribution >= 4 is 39.0 Å². The van der Waals surface area contributed by atoms with Gasteiger partial charge in [0.25, 0.3) is 0 Å². The molecule has 2 N–H and O–H groups in total. The first-order chi connectivity index (χ1) is 8.87. The normalized spacial score (nSPS) is 11.3. The van der Waals surface area contributed by atoms with Gasteiger partial charge in [0.2, 0.25) is 10.6 Å². The van der Waals surface area contributed by atoms with E-state index in [0.29, 0.717) is 5.69 Å². The molecule has 2 aromatic rings. The second kappa shape index (κ2) is 5.16. The number of rotatable bonds is 3. The predicted molar refractivity (Wildman–Crippen MR) is 68.5 cm³/mol. The molecule has 0 aliphatic carbocycles. The highest BCUT2D eigenvalue weighted by molar-refractivity contribution is 7.87. The number of hydrogen-bond donors (Lipinski definition) is 1. The standard InChI is InChI=1S/C9H6Cl2N4O3S/c10-7-13-8(11)15-9(14-7)18-19(16,17)6-3-1-5(12)2-4-6/h1-4H,12H2. The molecule has 0 aliphatic heterocycles. The van der Waals surface area contributed by atoms with Crippen molar-refractivity contribution in [2.75, 3.05) is 5.73 Å². The highest BCUT2D eigenvalue weighted by Crippen LogP contribution is 2.18. The average Bonchev–Trinajstić information content (AvgIpc) is 2.27. The maximum Gasteiger partial charge on any atom is 0.341 e. The van der Waals surface area contributed by atoms with Gasteiger partial charge >= 0.3 is 16.1 Å². The first-order valence-electron chi connectivity index (χ1n) is 4.74. The third-order valence-electron chi connectivity index (χ3n) is 1.91. The zero-order chi connectivity index (χ0) is 14.0. The molecule has 0 aliphatic rings. The topological polar surface area (TPSA) is 108 Å². The van der Waals surface area contributed by atoms with Gasteiger partial charge in [0.05, 0.1) is 0 Å². The highest BCUT2D eigenvalue weighted by Gasteiger charge is 2.19. The summed E-state index contributed by atoms with van der Waals surface area (Å²) in [5.74, 6) is 0. The molecule has 100 valence electrons. The minimum atomic E-state index is -4.09. The molecule has 0 atom stereocenters. The lowest BCUT2D eigenvalue weighted by atomic mass is 10.3. The predicted octanol–water partition coefficient (Wildman–Crippen LogP) is 1.53. The van der Waals surface area contributed by atoms with Crippen LogP contribution in [0.5, 0.6) is 6.01 Å². The Labute approximate surface area is 118 Å². The van der Waals surface area contributed by atoms with Crippen molar-refractivity contribution in [3.05, 3.63) is 34.8 Å². The Bertz CT molecular complexity index is 686. The number of halogens is 2. The molecule has 0 spiro atoms. The lowest BCUT2D eigenvalue weighted by Gasteiger charge is -2.05. The van der Waals surface area contributed by atoms with E-state index in [0.717, 1.165) is 0 Å². The SMILES string of the molecule is Nc1ccc(S(=O)(=O)Oc2nc(Cl)nc(Cl)n2)cc1. The van der Waals surface area contributed by atoms with Crippen LogP contribution in [0, 0.1) is 0 Å². The molecule has 0 bridgehead atoms. The van der Waals surface area contributed by atoms with Crippen LogP contribution >= 0.6 is 23.2 Å². The lowest BCUT2D eigenvalue weighted by Crippen LogP contribution is -2.12. The Balaban J connectivity index is 2.33. The van der Waals surface area contributed by atoms with Gasteiger partial charge in [-0.2, -0.15) is 23.4 Å². The number of anilines is 1. The van der Waals surface area contributed by atoms with Crippen LogP contribution in [0.25, 0.3) is 0 Å². The molecule has 19 heavy (non-hydrogen) atoms. The minimum Gasteiger partial charge on any atom is -0.399 e.